The van der Waals surface area contributed by atoms with Crippen LogP contribution in [0.25, 0.3) is 0 Å². The summed E-state index contributed by atoms with van der Waals surface area (Å²) in [5.74, 6) is -0.770. The van der Waals surface area contributed by atoms with Crippen LogP contribution in [-0.2, 0) is 23.1 Å². The van der Waals surface area contributed by atoms with E-state index < -0.39 is 34.4 Å². The number of rotatable bonds is 5. The van der Waals surface area contributed by atoms with Gasteiger partial charge in [-0.3, -0.25) is 19.5 Å². The number of aromatic nitrogens is 2. The van der Waals surface area contributed by atoms with Gasteiger partial charge in [-0.05, 0) is 6.92 Å². The molecule has 20 heavy (non-hydrogen) atoms. The molecule has 1 heterocycles. The van der Waals surface area contributed by atoms with Gasteiger partial charge in [-0.1, -0.05) is 6.58 Å². The lowest BCUT2D eigenvalue weighted by molar-refractivity contribution is -0.387. The van der Waals surface area contributed by atoms with Gasteiger partial charge >= 0.3 is 22.9 Å². The molecule has 9 heteroatoms. The van der Waals surface area contributed by atoms with Crippen LogP contribution in [0.3, 0.4) is 0 Å². The molecule has 0 spiro atoms. The number of carbonyl (C=O) groups is 1. The summed E-state index contributed by atoms with van der Waals surface area (Å²) in [6, 6.07) is 0. The Hall–Kier alpha value is -2.71. The van der Waals surface area contributed by atoms with E-state index >= 15 is 0 Å². The van der Waals surface area contributed by atoms with E-state index in [9.17, 15) is 24.5 Å². The van der Waals surface area contributed by atoms with E-state index in [2.05, 4.69) is 11.3 Å². The highest BCUT2D eigenvalue weighted by Crippen LogP contribution is 2.02. The SMILES string of the molecule is C=C(Cn1c(=O)c([N+](=O)[O-])cn(C)c1=O)C(=O)OCC. The minimum absolute atomic E-state index is 0.111. The molecule has 1 aromatic rings. The van der Waals surface area contributed by atoms with Crippen LogP contribution in [0, 0.1) is 10.1 Å². The maximum Gasteiger partial charge on any atom is 0.350 e. The van der Waals surface area contributed by atoms with Crippen molar-refractivity contribution in [3.8, 4) is 0 Å². The van der Waals surface area contributed by atoms with Gasteiger partial charge in [0.25, 0.3) is 0 Å². The van der Waals surface area contributed by atoms with E-state index in [1.165, 1.54) is 7.05 Å². The predicted molar refractivity (Wildman–Crippen MR) is 68.4 cm³/mol. The fourth-order valence-corrected chi connectivity index (χ4v) is 1.46. The Morgan fingerprint density at radius 3 is 2.60 bits per heavy atom. The number of nitrogens with zero attached hydrogens (tertiary/aromatic N) is 3. The van der Waals surface area contributed by atoms with E-state index in [1.54, 1.807) is 6.92 Å². The largest absolute Gasteiger partial charge is 0.463 e. The van der Waals surface area contributed by atoms with Crippen molar-refractivity contribution in [2.75, 3.05) is 6.61 Å². The van der Waals surface area contributed by atoms with Gasteiger partial charge in [-0.2, -0.15) is 0 Å². The fourth-order valence-electron chi connectivity index (χ4n) is 1.46. The summed E-state index contributed by atoms with van der Waals surface area (Å²) in [7, 11) is 1.26. The van der Waals surface area contributed by atoms with Crippen molar-refractivity contribution in [1.29, 1.82) is 0 Å². The summed E-state index contributed by atoms with van der Waals surface area (Å²) in [6.07, 6.45) is 0.828. The highest BCUT2D eigenvalue weighted by Gasteiger charge is 2.20. The van der Waals surface area contributed by atoms with Crippen molar-refractivity contribution < 1.29 is 14.5 Å². The number of aryl methyl sites for hydroxylation is 1. The average Bonchev–Trinajstić information content (AvgIpc) is 2.38. The minimum atomic E-state index is -1.09. The summed E-state index contributed by atoms with van der Waals surface area (Å²) in [5.41, 5.74) is -2.79. The molecule has 0 fully saturated rings. The molecule has 0 aliphatic rings. The maximum absolute atomic E-state index is 11.8. The monoisotopic (exact) mass is 283 g/mol. The fraction of sp³-hybridized carbons (Fsp3) is 0.364. The third kappa shape index (κ3) is 2.99. The molecule has 9 nitrogen and oxygen atoms in total. The van der Waals surface area contributed by atoms with E-state index in [-0.39, 0.29) is 12.2 Å². The zero-order chi connectivity index (χ0) is 15.4. The van der Waals surface area contributed by atoms with Gasteiger partial charge in [0.2, 0.25) is 0 Å². The van der Waals surface area contributed by atoms with Crippen molar-refractivity contribution >= 4 is 11.7 Å². The van der Waals surface area contributed by atoms with Gasteiger partial charge in [0, 0.05) is 12.6 Å². The van der Waals surface area contributed by atoms with Crippen LogP contribution in [0.4, 0.5) is 5.69 Å². The zero-order valence-corrected chi connectivity index (χ0v) is 11.0. The van der Waals surface area contributed by atoms with Gasteiger partial charge in [0.1, 0.15) is 0 Å². The standard InChI is InChI=1S/C11H13N3O6/c1-4-20-10(16)7(2)5-13-9(15)8(14(18)19)6-12(3)11(13)17/h6H,2,4-5H2,1,3H3. The van der Waals surface area contributed by atoms with E-state index in [0.29, 0.717) is 4.57 Å². The summed E-state index contributed by atoms with van der Waals surface area (Å²) in [6.45, 7) is 4.63. The molecule has 0 saturated carbocycles. The normalized spacial score (nSPS) is 10.1. The van der Waals surface area contributed by atoms with Crippen molar-refractivity contribution in [2.24, 2.45) is 7.05 Å². The Kier molecular flexibility index (Phi) is 4.57. The first-order valence-electron chi connectivity index (χ1n) is 5.59. The Labute approximate surface area is 112 Å². The molecule has 1 aromatic heterocycles. The van der Waals surface area contributed by atoms with Crippen molar-refractivity contribution in [3.63, 3.8) is 0 Å². The molecule has 0 unspecified atom stereocenters. The van der Waals surface area contributed by atoms with Crippen LogP contribution in [0.5, 0.6) is 0 Å². The average molecular weight is 283 g/mol. The number of hydrogen-bond acceptors (Lipinski definition) is 6. The summed E-state index contributed by atoms with van der Waals surface area (Å²) < 4.78 is 6.12. The summed E-state index contributed by atoms with van der Waals surface area (Å²) in [5, 5.41) is 10.7. The second kappa shape index (κ2) is 5.95. The Morgan fingerprint density at radius 2 is 2.10 bits per heavy atom. The lowest BCUT2D eigenvalue weighted by atomic mass is 10.3. The third-order valence-corrected chi connectivity index (χ3v) is 2.42. The van der Waals surface area contributed by atoms with Gasteiger partial charge in [-0.15, -0.1) is 0 Å². The van der Waals surface area contributed by atoms with Gasteiger partial charge in [0.05, 0.1) is 24.3 Å². The predicted octanol–water partition coefficient (Wildman–Crippen LogP) is -0.426. The molecule has 108 valence electrons. The van der Waals surface area contributed by atoms with Crippen molar-refractivity contribution in [1.82, 2.24) is 9.13 Å². The molecule has 1 rings (SSSR count). The van der Waals surface area contributed by atoms with Crippen LogP contribution in [-0.4, -0.2) is 26.6 Å². The Balaban J connectivity index is 3.29. The summed E-state index contributed by atoms with van der Waals surface area (Å²) >= 11 is 0. The molecule has 0 amide bonds. The van der Waals surface area contributed by atoms with Gasteiger partial charge < -0.3 is 4.74 Å². The van der Waals surface area contributed by atoms with Crippen LogP contribution in [0.15, 0.2) is 27.9 Å². The first-order valence-corrected chi connectivity index (χ1v) is 5.59. The lowest BCUT2D eigenvalue weighted by Crippen LogP contribution is -2.40. The van der Waals surface area contributed by atoms with Crippen molar-refractivity contribution in [3.05, 3.63) is 49.3 Å². The molecule has 0 aliphatic carbocycles. The molecule has 0 bridgehead atoms. The third-order valence-electron chi connectivity index (χ3n) is 2.42. The number of hydrogen-bond donors (Lipinski definition) is 0. The van der Waals surface area contributed by atoms with E-state index in [0.717, 1.165) is 10.8 Å². The lowest BCUT2D eigenvalue weighted by Gasteiger charge is -2.08. The maximum atomic E-state index is 11.8. The van der Waals surface area contributed by atoms with Crippen LogP contribution >= 0.6 is 0 Å². The summed E-state index contributed by atoms with van der Waals surface area (Å²) in [4.78, 5) is 44.8. The van der Waals surface area contributed by atoms with Gasteiger partial charge in [0.15, 0.2) is 0 Å². The first kappa shape index (κ1) is 15.3. The number of esters is 1. The number of ether oxygens (including phenoxy) is 1. The second-order valence-electron chi connectivity index (χ2n) is 3.88. The zero-order valence-electron chi connectivity index (χ0n) is 11.0. The Morgan fingerprint density at radius 1 is 1.50 bits per heavy atom. The molecular weight excluding hydrogens is 270 g/mol. The smallest absolute Gasteiger partial charge is 0.350 e. The molecular formula is C11H13N3O6. The van der Waals surface area contributed by atoms with Crippen LogP contribution in [0.1, 0.15) is 6.92 Å². The van der Waals surface area contributed by atoms with Crippen molar-refractivity contribution in [2.45, 2.75) is 13.5 Å². The first-order chi connectivity index (χ1) is 9.29. The van der Waals surface area contributed by atoms with Crippen LogP contribution in [0.2, 0.25) is 0 Å². The quantitative estimate of drug-likeness (QED) is 0.313. The molecule has 0 aliphatic heterocycles. The highest BCUT2D eigenvalue weighted by molar-refractivity contribution is 5.87. The molecule has 0 atom stereocenters. The second-order valence-corrected chi connectivity index (χ2v) is 3.88. The molecule has 0 radical (unpaired) electrons. The van der Waals surface area contributed by atoms with Crippen LogP contribution < -0.4 is 11.2 Å². The highest BCUT2D eigenvalue weighted by atomic mass is 16.6. The minimum Gasteiger partial charge on any atom is -0.463 e. The molecule has 0 aromatic carbocycles. The topological polar surface area (TPSA) is 113 Å². The number of nitro groups is 1. The number of carbonyl (C=O) groups excluding carboxylic acids is 1. The van der Waals surface area contributed by atoms with E-state index in [1.807, 2.05) is 0 Å². The van der Waals surface area contributed by atoms with Gasteiger partial charge in [-0.25, -0.2) is 14.2 Å². The van der Waals surface area contributed by atoms with E-state index in [4.69, 9.17) is 0 Å². The molecule has 0 saturated heterocycles. The Bertz CT molecular complexity index is 684. The molecule has 0 N–H and O–H groups in total.